The molecule has 7 nitrogen and oxygen atoms in total. The first-order valence-electron chi connectivity index (χ1n) is 12.3. The summed E-state index contributed by atoms with van der Waals surface area (Å²) < 4.78 is 11.0. The van der Waals surface area contributed by atoms with Crippen molar-refractivity contribution in [3.05, 3.63) is 94.5 Å². The van der Waals surface area contributed by atoms with Crippen LogP contribution in [0.1, 0.15) is 21.5 Å². The van der Waals surface area contributed by atoms with E-state index in [1.165, 1.54) is 14.2 Å². The van der Waals surface area contributed by atoms with Gasteiger partial charge in [-0.3, -0.25) is 4.79 Å². The van der Waals surface area contributed by atoms with Crippen LogP contribution in [0.3, 0.4) is 0 Å². The van der Waals surface area contributed by atoms with Crippen LogP contribution >= 0.6 is 11.6 Å². The number of halogens is 1. The van der Waals surface area contributed by atoms with Gasteiger partial charge in [0.15, 0.2) is 17.3 Å². The molecule has 0 bridgehead atoms. The molecule has 0 amide bonds. The molecule has 0 saturated carbocycles. The van der Waals surface area contributed by atoms with Crippen molar-refractivity contribution in [1.29, 1.82) is 0 Å². The van der Waals surface area contributed by atoms with E-state index in [0.717, 1.165) is 16.3 Å². The molecule has 3 N–H and O–H groups in total. The number of hydrogen-bond donors (Lipinski definition) is 3. The van der Waals surface area contributed by atoms with Crippen LogP contribution in [0.5, 0.6) is 23.1 Å². The fraction of sp³-hybridized carbons (Fsp3) is 0.161. The number of aromatic nitrogens is 1. The van der Waals surface area contributed by atoms with Gasteiger partial charge >= 0.3 is 0 Å². The summed E-state index contributed by atoms with van der Waals surface area (Å²) in [5, 5.41) is 28.4. The van der Waals surface area contributed by atoms with Crippen LogP contribution < -0.4 is 14.8 Å². The van der Waals surface area contributed by atoms with Gasteiger partial charge in [-0.2, -0.15) is 0 Å². The van der Waals surface area contributed by atoms with Crippen LogP contribution in [0.25, 0.3) is 21.7 Å². The van der Waals surface area contributed by atoms with E-state index in [4.69, 9.17) is 21.1 Å². The Morgan fingerprint density at radius 2 is 1.64 bits per heavy atom. The summed E-state index contributed by atoms with van der Waals surface area (Å²) >= 11 is 6.07. The molecule has 0 radical (unpaired) electrons. The maximum Gasteiger partial charge on any atom is 0.226 e. The summed E-state index contributed by atoms with van der Waals surface area (Å²) in [5.41, 5.74) is 2.22. The van der Waals surface area contributed by atoms with Gasteiger partial charge in [-0.15, -0.1) is 0 Å². The Balaban J connectivity index is 1.62. The van der Waals surface area contributed by atoms with Gasteiger partial charge in [0.2, 0.25) is 5.88 Å². The summed E-state index contributed by atoms with van der Waals surface area (Å²) in [4.78, 5) is 18.3. The standard InChI is InChI=1S/C31H27ClN2O5/c1-17-14-23-25(30(39-3)29(17)38-2)28(36)26(31(37)34-23)27(35)24(15-18-8-11-21(32)12-9-18)33-22-13-10-19-6-4-5-7-20(19)16-22/h4-14,16,24,33H,15H2,1-3H3,(H2,34,36,37). The number of hydrogen-bond acceptors (Lipinski definition) is 7. The molecule has 0 aliphatic heterocycles. The van der Waals surface area contributed by atoms with Gasteiger partial charge in [0.25, 0.3) is 0 Å². The first kappa shape index (κ1) is 26.1. The lowest BCUT2D eigenvalue weighted by Gasteiger charge is -2.21. The van der Waals surface area contributed by atoms with Crippen LogP contribution in [0.15, 0.2) is 72.8 Å². The minimum Gasteiger partial charge on any atom is -0.506 e. The molecule has 0 saturated heterocycles. The van der Waals surface area contributed by atoms with Crippen molar-refractivity contribution < 1.29 is 24.5 Å². The SMILES string of the molecule is COc1c(C)cc2nc(O)c(C(=O)C(Cc3ccc(Cl)cc3)Nc3ccc4ccccc4c3)c(O)c2c1OC. The number of rotatable bonds is 8. The monoisotopic (exact) mass is 542 g/mol. The smallest absolute Gasteiger partial charge is 0.226 e. The van der Waals surface area contributed by atoms with Gasteiger partial charge < -0.3 is 25.0 Å². The van der Waals surface area contributed by atoms with E-state index < -0.39 is 23.5 Å². The maximum absolute atomic E-state index is 14.1. The minimum absolute atomic E-state index is 0.178. The Morgan fingerprint density at radius 1 is 0.949 bits per heavy atom. The van der Waals surface area contributed by atoms with Crippen molar-refractivity contribution in [3.8, 4) is 23.1 Å². The normalized spacial score (nSPS) is 11.9. The van der Waals surface area contributed by atoms with Crippen molar-refractivity contribution in [3.63, 3.8) is 0 Å². The third kappa shape index (κ3) is 5.01. The van der Waals surface area contributed by atoms with Gasteiger partial charge in [-0.05, 0) is 59.2 Å². The predicted molar refractivity (Wildman–Crippen MR) is 154 cm³/mol. The molecule has 0 spiro atoms. The molecule has 1 unspecified atom stereocenters. The number of nitrogens with one attached hydrogen (secondary N) is 1. The molecule has 4 aromatic carbocycles. The van der Waals surface area contributed by atoms with Gasteiger partial charge in [0.1, 0.15) is 11.3 Å². The van der Waals surface area contributed by atoms with Crippen molar-refractivity contribution in [2.45, 2.75) is 19.4 Å². The summed E-state index contributed by atoms with van der Waals surface area (Å²) in [5.74, 6) is -0.914. The summed E-state index contributed by atoms with van der Waals surface area (Å²) in [7, 11) is 2.93. The van der Waals surface area contributed by atoms with Gasteiger partial charge in [-0.25, -0.2) is 4.98 Å². The Hall–Kier alpha value is -4.49. The quantitative estimate of drug-likeness (QED) is 0.188. The van der Waals surface area contributed by atoms with Crippen LogP contribution in [0.4, 0.5) is 5.69 Å². The van der Waals surface area contributed by atoms with E-state index in [1.54, 1.807) is 25.1 Å². The number of carbonyl (C=O) groups is 1. The van der Waals surface area contributed by atoms with Gasteiger partial charge in [0, 0.05) is 17.1 Å². The van der Waals surface area contributed by atoms with Crippen LogP contribution in [0.2, 0.25) is 5.02 Å². The van der Waals surface area contributed by atoms with Gasteiger partial charge in [-0.1, -0.05) is 54.1 Å². The van der Waals surface area contributed by atoms with Gasteiger partial charge in [0.05, 0.1) is 31.2 Å². The minimum atomic E-state index is -0.860. The van der Waals surface area contributed by atoms with E-state index >= 15 is 0 Å². The summed E-state index contributed by atoms with van der Waals surface area (Å²) in [6.07, 6.45) is 0.258. The van der Waals surface area contributed by atoms with E-state index in [1.807, 2.05) is 54.6 Å². The second kappa shape index (κ2) is 10.7. The second-order valence-electron chi connectivity index (χ2n) is 9.27. The molecule has 1 aromatic heterocycles. The van der Waals surface area contributed by atoms with Crippen molar-refractivity contribution >= 4 is 44.7 Å². The number of aryl methyl sites for hydroxylation is 1. The maximum atomic E-state index is 14.1. The molecule has 0 fully saturated rings. The molecular formula is C31H27ClN2O5. The lowest BCUT2D eigenvalue weighted by atomic mass is 9.95. The number of ether oxygens (including phenoxy) is 2. The van der Waals surface area contributed by atoms with E-state index in [2.05, 4.69) is 10.3 Å². The number of pyridine rings is 1. The van der Waals surface area contributed by atoms with E-state index in [0.29, 0.717) is 22.0 Å². The van der Waals surface area contributed by atoms with E-state index in [-0.39, 0.29) is 28.6 Å². The topological polar surface area (TPSA) is 101 Å². The fourth-order valence-electron chi connectivity index (χ4n) is 4.86. The van der Waals surface area contributed by atoms with Crippen LogP contribution in [-0.2, 0) is 6.42 Å². The Kier molecular flexibility index (Phi) is 7.17. The number of fused-ring (bicyclic) bond motifs is 2. The molecule has 5 aromatic rings. The first-order valence-corrected chi connectivity index (χ1v) is 12.7. The molecule has 0 aliphatic rings. The number of aromatic hydroxyl groups is 2. The number of Topliss-reactive ketones (excluding diaryl/α,β-unsaturated/α-hetero) is 1. The Bertz CT molecular complexity index is 1700. The fourth-order valence-corrected chi connectivity index (χ4v) is 4.99. The zero-order chi connectivity index (χ0) is 27.7. The highest BCUT2D eigenvalue weighted by atomic mass is 35.5. The highest BCUT2D eigenvalue weighted by Crippen LogP contribution is 2.45. The number of benzene rings is 4. The number of carbonyl (C=O) groups excluding carboxylic acids is 1. The average molecular weight is 543 g/mol. The molecule has 0 aliphatic carbocycles. The van der Waals surface area contributed by atoms with Crippen molar-refractivity contribution in [2.75, 3.05) is 19.5 Å². The predicted octanol–water partition coefficient (Wildman–Crippen LogP) is 6.68. The largest absolute Gasteiger partial charge is 0.506 e. The molecule has 5 rings (SSSR count). The second-order valence-corrected chi connectivity index (χ2v) is 9.70. The number of anilines is 1. The summed E-state index contributed by atoms with van der Waals surface area (Å²) in [6.45, 7) is 1.80. The Morgan fingerprint density at radius 3 is 2.33 bits per heavy atom. The first-order chi connectivity index (χ1) is 18.8. The average Bonchev–Trinajstić information content (AvgIpc) is 2.92. The lowest BCUT2D eigenvalue weighted by Crippen LogP contribution is -2.32. The zero-order valence-corrected chi connectivity index (χ0v) is 22.4. The molecular weight excluding hydrogens is 516 g/mol. The number of methoxy groups -OCH3 is 2. The molecule has 39 heavy (non-hydrogen) atoms. The third-order valence-electron chi connectivity index (χ3n) is 6.74. The molecule has 8 heteroatoms. The Labute approximate surface area is 230 Å². The third-order valence-corrected chi connectivity index (χ3v) is 6.99. The lowest BCUT2D eigenvalue weighted by molar-refractivity contribution is 0.0963. The van der Waals surface area contributed by atoms with Crippen molar-refractivity contribution in [1.82, 2.24) is 4.98 Å². The zero-order valence-electron chi connectivity index (χ0n) is 21.7. The molecule has 198 valence electrons. The van der Waals surface area contributed by atoms with E-state index in [9.17, 15) is 15.0 Å². The molecule has 1 atom stereocenters. The van der Waals surface area contributed by atoms with Crippen molar-refractivity contribution in [2.24, 2.45) is 0 Å². The number of ketones is 1. The summed E-state index contributed by atoms with van der Waals surface area (Å²) in [6, 6.07) is 21.7. The van der Waals surface area contributed by atoms with Crippen LogP contribution in [-0.4, -0.2) is 41.2 Å². The highest BCUT2D eigenvalue weighted by molar-refractivity contribution is 6.30. The number of nitrogens with zero attached hydrogens (tertiary/aromatic N) is 1. The highest BCUT2D eigenvalue weighted by Gasteiger charge is 2.30. The molecule has 1 heterocycles. The van der Waals surface area contributed by atoms with Crippen LogP contribution in [0, 0.1) is 6.92 Å².